The van der Waals surface area contributed by atoms with Crippen molar-refractivity contribution in [2.24, 2.45) is 0 Å². The lowest BCUT2D eigenvalue weighted by Crippen LogP contribution is -2.44. The smallest absolute Gasteiger partial charge is 0.0771 e. The molecule has 1 rings (SSSR count). The molecule has 1 atom stereocenters. The Labute approximate surface area is 93.2 Å². The Morgan fingerprint density at radius 2 is 2.00 bits per heavy atom. The topological polar surface area (TPSA) is 41.5 Å². The average molecular weight is 215 g/mol. The molecule has 90 valence electrons. The summed E-state index contributed by atoms with van der Waals surface area (Å²) in [4.78, 5) is 0. The lowest BCUT2D eigenvalue weighted by atomic mass is 9.85. The van der Waals surface area contributed by atoms with Crippen molar-refractivity contribution in [3.63, 3.8) is 0 Å². The Hall–Kier alpha value is -0.120. The highest BCUT2D eigenvalue weighted by Gasteiger charge is 2.28. The van der Waals surface area contributed by atoms with Crippen LogP contribution in [-0.4, -0.2) is 36.5 Å². The Kier molecular flexibility index (Phi) is 5.58. The first-order valence-electron chi connectivity index (χ1n) is 6.21. The SMILES string of the molecule is CCOC(C)CNCC1(O)CCCCC1. The Balaban J connectivity index is 2.12. The molecule has 0 spiro atoms. The molecule has 15 heavy (non-hydrogen) atoms. The van der Waals surface area contributed by atoms with Gasteiger partial charge in [0.1, 0.15) is 0 Å². The Morgan fingerprint density at radius 3 is 2.60 bits per heavy atom. The highest BCUT2D eigenvalue weighted by atomic mass is 16.5. The van der Waals surface area contributed by atoms with Gasteiger partial charge >= 0.3 is 0 Å². The van der Waals surface area contributed by atoms with Crippen LogP contribution in [0.3, 0.4) is 0 Å². The van der Waals surface area contributed by atoms with Crippen LogP contribution in [0.2, 0.25) is 0 Å². The van der Waals surface area contributed by atoms with Crippen molar-refractivity contribution in [3.05, 3.63) is 0 Å². The maximum absolute atomic E-state index is 10.2. The molecule has 1 aliphatic carbocycles. The van der Waals surface area contributed by atoms with E-state index in [1.165, 1.54) is 19.3 Å². The molecule has 0 aromatic rings. The molecule has 1 aliphatic rings. The summed E-state index contributed by atoms with van der Waals surface area (Å²) < 4.78 is 5.42. The number of hydrogen-bond acceptors (Lipinski definition) is 3. The number of nitrogens with one attached hydrogen (secondary N) is 1. The second-order valence-corrected chi connectivity index (χ2v) is 4.68. The van der Waals surface area contributed by atoms with Gasteiger partial charge in [-0.1, -0.05) is 19.3 Å². The second kappa shape index (κ2) is 6.46. The van der Waals surface area contributed by atoms with Crippen LogP contribution in [0.25, 0.3) is 0 Å². The zero-order chi connectivity index (χ0) is 11.1. The minimum atomic E-state index is -0.454. The first-order chi connectivity index (χ1) is 7.16. The molecule has 1 saturated carbocycles. The first kappa shape index (κ1) is 12.9. The third-order valence-electron chi connectivity index (χ3n) is 3.12. The molecule has 2 N–H and O–H groups in total. The van der Waals surface area contributed by atoms with Crippen LogP contribution in [0.4, 0.5) is 0 Å². The van der Waals surface area contributed by atoms with E-state index in [0.717, 1.165) is 26.0 Å². The molecule has 3 nitrogen and oxygen atoms in total. The van der Waals surface area contributed by atoms with Crippen LogP contribution < -0.4 is 5.32 Å². The van der Waals surface area contributed by atoms with Gasteiger partial charge in [-0.15, -0.1) is 0 Å². The van der Waals surface area contributed by atoms with Gasteiger partial charge in [0.2, 0.25) is 0 Å². The van der Waals surface area contributed by atoms with E-state index in [9.17, 15) is 5.11 Å². The quantitative estimate of drug-likeness (QED) is 0.708. The monoisotopic (exact) mass is 215 g/mol. The van der Waals surface area contributed by atoms with Gasteiger partial charge < -0.3 is 15.2 Å². The fourth-order valence-electron chi connectivity index (χ4n) is 2.24. The number of ether oxygens (including phenoxy) is 1. The van der Waals surface area contributed by atoms with E-state index in [2.05, 4.69) is 12.2 Å². The van der Waals surface area contributed by atoms with E-state index < -0.39 is 5.60 Å². The highest BCUT2D eigenvalue weighted by molar-refractivity contribution is 4.84. The summed E-state index contributed by atoms with van der Waals surface area (Å²) in [5.74, 6) is 0. The van der Waals surface area contributed by atoms with Crippen LogP contribution in [0.15, 0.2) is 0 Å². The van der Waals surface area contributed by atoms with Crippen LogP contribution in [0, 0.1) is 0 Å². The van der Waals surface area contributed by atoms with Crippen molar-refractivity contribution in [2.45, 2.75) is 57.7 Å². The molecule has 3 heteroatoms. The summed E-state index contributed by atoms with van der Waals surface area (Å²) >= 11 is 0. The normalized spacial score (nSPS) is 22.6. The molecule has 0 radical (unpaired) electrons. The second-order valence-electron chi connectivity index (χ2n) is 4.68. The van der Waals surface area contributed by atoms with E-state index in [-0.39, 0.29) is 6.10 Å². The lowest BCUT2D eigenvalue weighted by Gasteiger charge is -2.32. The van der Waals surface area contributed by atoms with E-state index in [0.29, 0.717) is 6.54 Å². The molecule has 0 amide bonds. The third kappa shape index (κ3) is 4.96. The van der Waals surface area contributed by atoms with Crippen molar-refractivity contribution < 1.29 is 9.84 Å². The Bertz CT molecular complexity index is 167. The van der Waals surface area contributed by atoms with Crippen molar-refractivity contribution in [1.82, 2.24) is 5.32 Å². The van der Waals surface area contributed by atoms with Crippen molar-refractivity contribution in [2.75, 3.05) is 19.7 Å². The summed E-state index contributed by atoms with van der Waals surface area (Å²) in [5, 5.41) is 13.5. The van der Waals surface area contributed by atoms with Gasteiger partial charge in [0, 0.05) is 19.7 Å². The van der Waals surface area contributed by atoms with Crippen molar-refractivity contribution in [1.29, 1.82) is 0 Å². The van der Waals surface area contributed by atoms with Crippen LogP contribution >= 0.6 is 0 Å². The lowest BCUT2D eigenvalue weighted by molar-refractivity contribution is 0.000328. The third-order valence-corrected chi connectivity index (χ3v) is 3.12. The fraction of sp³-hybridized carbons (Fsp3) is 1.00. The molecule has 0 aromatic heterocycles. The van der Waals surface area contributed by atoms with Crippen LogP contribution in [0.5, 0.6) is 0 Å². The maximum Gasteiger partial charge on any atom is 0.0771 e. The predicted molar refractivity (Wildman–Crippen MR) is 62.0 cm³/mol. The summed E-state index contributed by atoms with van der Waals surface area (Å²) in [5.41, 5.74) is -0.454. The van der Waals surface area contributed by atoms with E-state index in [4.69, 9.17) is 4.74 Å². The van der Waals surface area contributed by atoms with Crippen molar-refractivity contribution in [3.8, 4) is 0 Å². The number of hydrogen-bond donors (Lipinski definition) is 2. The van der Waals surface area contributed by atoms with E-state index in [1.54, 1.807) is 0 Å². The zero-order valence-electron chi connectivity index (χ0n) is 10.1. The summed E-state index contributed by atoms with van der Waals surface area (Å²) in [6.45, 7) is 6.36. The first-order valence-corrected chi connectivity index (χ1v) is 6.21. The maximum atomic E-state index is 10.2. The zero-order valence-corrected chi connectivity index (χ0v) is 10.1. The minimum absolute atomic E-state index is 0.238. The van der Waals surface area contributed by atoms with Crippen LogP contribution in [-0.2, 0) is 4.74 Å². The van der Waals surface area contributed by atoms with Gasteiger partial charge in [0.05, 0.1) is 11.7 Å². The van der Waals surface area contributed by atoms with Gasteiger partial charge in [0.15, 0.2) is 0 Å². The summed E-state index contributed by atoms with van der Waals surface area (Å²) in [6, 6.07) is 0. The highest BCUT2D eigenvalue weighted by Crippen LogP contribution is 2.27. The van der Waals surface area contributed by atoms with Gasteiger partial charge in [-0.25, -0.2) is 0 Å². The number of rotatable bonds is 6. The van der Waals surface area contributed by atoms with Gasteiger partial charge in [0.25, 0.3) is 0 Å². The molecule has 0 bridgehead atoms. The molecular formula is C12H25NO2. The van der Waals surface area contributed by atoms with E-state index >= 15 is 0 Å². The van der Waals surface area contributed by atoms with Gasteiger partial charge in [-0.3, -0.25) is 0 Å². The molecule has 1 fully saturated rings. The Morgan fingerprint density at radius 1 is 1.33 bits per heavy atom. The van der Waals surface area contributed by atoms with E-state index in [1.807, 2.05) is 6.92 Å². The van der Waals surface area contributed by atoms with Gasteiger partial charge in [-0.2, -0.15) is 0 Å². The van der Waals surface area contributed by atoms with Crippen LogP contribution in [0.1, 0.15) is 46.0 Å². The summed E-state index contributed by atoms with van der Waals surface area (Å²) in [6.07, 6.45) is 5.74. The standard InChI is InChI=1S/C12H25NO2/c1-3-15-11(2)9-13-10-12(14)7-5-4-6-8-12/h11,13-14H,3-10H2,1-2H3. The fourth-order valence-corrected chi connectivity index (χ4v) is 2.24. The molecule has 1 unspecified atom stereocenters. The molecule has 0 aliphatic heterocycles. The molecular weight excluding hydrogens is 190 g/mol. The molecule has 0 aromatic carbocycles. The molecule has 0 heterocycles. The van der Waals surface area contributed by atoms with Gasteiger partial charge in [-0.05, 0) is 26.7 Å². The number of aliphatic hydroxyl groups is 1. The summed E-state index contributed by atoms with van der Waals surface area (Å²) in [7, 11) is 0. The molecule has 0 saturated heterocycles. The van der Waals surface area contributed by atoms with Crippen molar-refractivity contribution >= 4 is 0 Å². The average Bonchev–Trinajstić information content (AvgIpc) is 2.19. The largest absolute Gasteiger partial charge is 0.389 e. The predicted octanol–water partition coefficient (Wildman–Crippen LogP) is 1.70. The minimum Gasteiger partial charge on any atom is -0.389 e.